The van der Waals surface area contributed by atoms with Crippen molar-refractivity contribution in [3.05, 3.63) is 69.7 Å². The molecule has 1 aliphatic carbocycles. The van der Waals surface area contributed by atoms with Gasteiger partial charge in [0.25, 0.3) is 0 Å². The molecule has 1 saturated carbocycles. The maximum atomic E-state index is 10.4. The highest BCUT2D eigenvalue weighted by atomic mass is 35.5. The van der Waals surface area contributed by atoms with Crippen LogP contribution in [0.1, 0.15) is 34.6 Å². The molecule has 1 fully saturated rings. The van der Waals surface area contributed by atoms with Gasteiger partial charge in [-0.2, -0.15) is 0 Å². The van der Waals surface area contributed by atoms with Crippen molar-refractivity contribution in [1.82, 2.24) is 0 Å². The molecule has 0 heterocycles. The summed E-state index contributed by atoms with van der Waals surface area (Å²) < 4.78 is 0. The smallest absolute Gasteiger partial charge is 0.107 e. The van der Waals surface area contributed by atoms with Crippen LogP contribution in [0.5, 0.6) is 0 Å². The van der Waals surface area contributed by atoms with E-state index in [2.05, 4.69) is 24.3 Å². The Bertz CT molecular complexity index is 744. The van der Waals surface area contributed by atoms with Crippen LogP contribution < -0.4 is 0 Å². The van der Waals surface area contributed by atoms with E-state index in [1.807, 2.05) is 19.1 Å². The molecular formula is C21H25ClO4. The lowest BCUT2D eigenvalue weighted by Gasteiger charge is -2.40. The van der Waals surface area contributed by atoms with Gasteiger partial charge in [-0.05, 0) is 42.5 Å². The van der Waals surface area contributed by atoms with Crippen molar-refractivity contribution in [3.63, 3.8) is 0 Å². The average molecular weight is 377 g/mol. The average Bonchev–Trinajstić information content (AvgIpc) is 2.64. The molecule has 0 spiro atoms. The normalized spacial score (nSPS) is 28.9. The van der Waals surface area contributed by atoms with Crippen LogP contribution in [-0.2, 0) is 6.42 Å². The van der Waals surface area contributed by atoms with Gasteiger partial charge in [-0.15, -0.1) is 0 Å². The molecule has 5 atom stereocenters. The molecule has 0 bridgehead atoms. The number of aliphatic hydroxyl groups is 4. The second-order valence-corrected chi connectivity index (χ2v) is 7.68. The Morgan fingerprint density at radius 1 is 0.962 bits per heavy atom. The van der Waals surface area contributed by atoms with Gasteiger partial charge in [-0.25, -0.2) is 0 Å². The number of rotatable bonds is 4. The van der Waals surface area contributed by atoms with Crippen molar-refractivity contribution < 1.29 is 20.4 Å². The maximum absolute atomic E-state index is 10.4. The van der Waals surface area contributed by atoms with E-state index in [0.29, 0.717) is 17.9 Å². The Morgan fingerprint density at radius 2 is 1.65 bits per heavy atom. The van der Waals surface area contributed by atoms with Crippen molar-refractivity contribution in [1.29, 1.82) is 0 Å². The largest absolute Gasteiger partial charge is 0.396 e. The molecule has 2 aromatic rings. The summed E-state index contributed by atoms with van der Waals surface area (Å²) in [5.74, 6) is -0.825. The van der Waals surface area contributed by atoms with E-state index in [0.717, 1.165) is 16.7 Å². The number of aliphatic hydroxyl groups excluding tert-OH is 4. The van der Waals surface area contributed by atoms with Crippen molar-refractivity contribution in [2.24, 2.45) is 5.92 Å². The van der Waals surface area contributed by atoms with Gasteiger partial charge in [0.15, 0.2) is 0 Å². The highest BCUT2D eigenvalue weighted by Gasteiger charge is 2.42. The lowest BCUT2D eigenvalue weighted by molar-refractivity contribution is -0.127. The van der Waals surface area contributed by atoms with E-state index in [-0.39, 0.29) is 12.5 Å². The van der Waals surface area contributed by atoms with Crippen molar-refractivity contribution >= 4 is 11.6 Å². The van der Waals surface area contributed by atoms with Crippen LogP contribution in [0.15, 0.2) is 42.5 Å². The van der Waals surface area contributed by atoms with Crippen LogP contribution in [0.4, 0.5) is 0 Å². The molecule has 0 radical (unpaired) electrons. The fraction of sp³-hybridized carbons (Fsp3) is 0.429. The molecule has 4 N–H and O–H groups in total. The van der Waals surface area contributed by atoms with Gasteiger partial charge < -0.3 is 20.4 Å². The van der Waals surface area contributed by atoms with Crippen LogP contribution in [0, 0.1) is 12.8 Å². The van der Waals surface area contributed by atoms with Gasteiger partial charge in [0, 0.05) is 23.5 Å². The zero-order valence-corrected chi connectivity index (χ0v) is 15.5. The van der Waals surface area contributed by atoms with E-state index in [4.69, 9.17) is 11.6 Å². The van der Waals surface area contributed by atoms with E-state index in [1.54, 1.807) is 6.07 Å². The zero-order valence-electron chi connectivity index (χ0n) is 14.7. The minimum atomic E-state index is -1.28. The Balaban J connectivity index is 1.87. The predicted octanol–water partition coefficient (Wildman–Crippen LogP) is 2.42. The number of benzene rings is 2. The highest BCUT2D eigenvalue weighted by Crippen LogP contribution is 2.38. The van der Waals surface area contributed by atoms with Gasteiger partial charge in [0.05, 0.1) is 12.2 Å². The molecule has 0 saturated heterocycles. The topological polar surface area (TPSA) is 80.9 Å². The van der Waals surface area contributed by atoms with Gasteiger partial charge in [-0.3, -0.25) is 0 Å². The molecular weight excluding hydrogens is 352 g/mol. The molecule has 1 aliphatic rings. The third-order valence-corrected chi connectivity index (χ3v) is 5.77. The predicted molar refractivity (Wildman–Crippen MR) is 101 cm³/mol. The maximum Gasteiger partial charge on any atom is 0.107 e. The van der Waals surface area contributed by atoms with E-state index in [1.165, 1.54) is 5.56 Å². The minimum absolute atomic E-state index is 0.231. The lowest BCUT2D eigenvalue weighted by Crippen LogP contribution is -2.51. The Kier molecular flexibility index (Phi) is 6.00. The molecule has 140 valence electrons. The number of aryl methyl sites for hydroxylation is 1. The Labute approximate surface area is 158 Å². The number of hydrogen-bond acceptors (Lipinski definition) is 4. The molecule has 5 heteroatoms. The van der Waals surface area contributed by atoms with Crippen molar-refractivity contribution in [2.75, 3.05) is 6.61 Å². The van der Waals surface area contributed by atoms with Crippen LogP contribution in [-0.4, -0.2) is 45.3 Å². The lowest BCUT2D eigenvalue weighted by atomic mass is 9.73. The zero-order chi connectivity index (χ0) is 18.8. The summed E-state index contributed by atoms with van der Waals surface area (Å²) in [4.78, 5) is 0. The molecule has 2 aromatic carbocycles. The molecule has 26 heavy (non-hydrogen) atoms. The summed E-state index contributed by atoms with van der Waals surface area (Å²) in [5, 5.41) is 40.7. The number of hydrogen-bond donors (Lipinski definition) is 4. The van der Waals surface area contributed by atoms with Gasteiger partial charge in [0.2, 0.25) is 0 Å². The summed E-state index contributed by atoms with van der Waals surface area (Å²) in [6.07, 6.45) is -2.40. The third-order valence-electron chi connectivity index (χ3n) is 5.40. The van der Waals surface area contributed by atoms with Gasteiger partial charge in [0.1, 0.15) is 6.10 Å². The standard InChI is InChI=1S/C21H25ClO4/c1-12-2-4-13(5-3-12)8-15-9-14(6-7-18(15)22)17-10-16(11-23)19(24)21(26)20(17)25/h2-7,9,16-17,19-21,23-26H,8,10-11H2,1H3/t16-,17-,19-,20+,21+/m1/s1. The van der Waals surface area contributed by atoms with Crippen LogP contribution >= 0.6 is 11.6 Å². The quantitative estimate of drug-likeness (QED) is 0.660. The molecule has 0 aliphatic heterocycles. The fourth-order valence-corrected chi connectivity index (χ4v) is 3.91. The van der Waals surface area contributed by atoms with E-state index in [9.17, 15) is 20.4 Å². The molecule has 3 rings (SSSR count). The first-order valence-corrected chi connectivity index (χ1v) is 9.27. The first kappa shape index (κ1) is 19.3. The van der Waals surface area contributed by atoms with E-state index >= 15 is 0 Å². The fourth-order valence-electron chi connectivity index (χ4n) is 3.73. The Hall–Kier alpha value is -1.43. The minimum Gasteiger partial charge on any atom is -0.396 e. The van der Waals surface area contributed by atoms with Crippen molar-refractivity contribution in [2.45, 2.75) is 44.0 Å². The second-order valence-electron chi connectivity index (χ2n) is 7.27. The molecule has 4 nitrogen and oxygen atoms in total. The summed E-state index contributed by atoms with van der Waals surface area (Å²) in [7, 11) is 0. The molecule has 0 aromatic heterocycles. The van der Waals surface area contributed by atoms with Crippen LogP contribution in [0.2, 0.25) is 5.02 Å². The SMILES string of the molecule is Cc1ccc(Cc2cc([C@H]3C[C@H](CO)[C@@H](O)[C@H](O)[C@H]3O)ccc2Cl)cc1. The summed E-state index contributed by atoms with van der Waals surface area (Å²) in [6, 6.07) is 13.8. The van der Waals surface area contributed by atoms with Crippen LogP contribution in [0.3, 0.4) is 0 Å². The first-order chi connectivity index (χ1) is 12.4. The summed E-state index contributed by atoms with van der Waals surface area (Å²) in [5.41, 5.74) is 4.14. The van der Waals surface area contributed by atoms with Crippen LogP contribution in [0.25, 0.3) is 0 Å². The van der Waals surface area contributed by atoms with Crippen molar-refractivity contribution in [3.8, 4) is 0 Å². The molecule has 0 amide bonds. The first-order valence-electron chi connectivity index (χ1n) is 8.89. The number of halogens is 1. The monoisotopic (exact) mass is 376 g/mol. The summed E-state index contributed by atoms with van der Waals surface area (Å²) in [6.45, 7) is 1.81. The van der Waals surface area contributed by atoms with Gasteiger partial charge >= 0.3 is 0 Å². The third kappa shape index (κ3) is 3.95. The second kappa shape index (κ2) is 8.07. The van der Waals surface area contributed by atoms with Gasteiger partial charge in [-0.1, -0.05) is 53.6 Å². The molecule has 0 unspecified atom stereocenters. The Morgan fingerprint density at radius 3 is 2.31 bits per heavy atom. The highest BCUT2D eigenvalue weighted by molar-refractivity contribution is 6.31. The summed E-state index contributed by atoms with van der Waals surface area (Å²) >= 11 is 6.37. The van der Waals surface area contributed by atoms with E-state index < -0.39 is 24.2 Å².